The molecule has 1 N–H and O–H groups in total. The predicted molar refractivity (Wildman–Crippen MR) is 93.9 cm³/mol. The summed E-state index contributed by atoms with van der Waals surface area (Å²) in [5.74, 6) is -1.67. The van der Waals surface area contributed by atoms with Gasteiger partial charge in [-0.05, 0) is 44.9 Å². The Balaban J connectivity index is 1.85. The van der Waals surface area contributed by atoms with E-state index in [1.165, 1.54) is 0 Å². The normalized spacial score (nSPS) is 15.0. The summed E-state index contributed by atoms with van der Waals surface area (Å²) in [5, 5.41) is 13.6. The fraction of sp³-hybridized carbons (Fsp3) is 0.421. The smallest absolute Gasteiger partial charge is 0.308 e. The predicted octanol–water partition coefficient (Wildman–Crippen LogP) is 2.81. The molecule has 0 aliphatic heterocycles. The summed E-state index contributed by atoms with van der Waals surface area (Å²) in [4.78, 5) is 25.7. The molecule has 25 heavy (non-hydrogen) atoms. The molecule has 6 nitrogen and oxygen atoms in total. The quantitative estimate of drug-likeness (QED) is 0.876. The van der Waals surface area contributed by atoms with Crippen LogP contribution in [0.15, 0.2) is 30.3 Å². The number of carboxylic acids is 1. The number of nitrogens with zero attached hydrogens (tertiary/aromatic N) is 3. The molecule has 1 unspecified atom stereocenters. The monoisotopic (exact) mass is 341 g/mol. The van der Waals surface area contributed by atoms with E-state index in [9.17, 15) is 9.59 Å². The van der Waals surface area contributed by atoms with E-state index >= 15 is 0 Å². The van der Waals surface area contributed by atoms with E-state index in [2.05, 4.69) is 5.10 Å². The van der Waals surface area contributed by atoms with Gasteiger partial charge in [0.05, 0.1) is 11.6 Å². The average molecular weight is 341 g/mol. The van der Waals surface area contributed by atoms with Gasteiger partial charge < -0.3 is 10.0 Å². The minimum absolute atomic E-state index is 0.138. The summed E-state index contributed by atoms with van der Waals surface area (Å²) in [7, 11) is 0. The molecule has 132 valence electrons. The molecule has 6 heteroatoms. The van der Waals surface area contributed by atoms with E-state index in [0.29, 0.717) is 5.69 Å². The molecule has 1 aromatic carbocycles. The number of carbonyl (C=O) groups is 2. The van der Waals surface area contributed by atoms with Gasteiger partial charge in [-0.2, -0.15) is 5.10 Å². The molecule has 0 spiro atoms. The van der Waals surface area contributed by atoms with Crippen LogP contribution in [0, 0.1) is 19.8 Å². The molecule has 1 fully saturated rings. The van der Waals surface area contributed by atoms with Crippen LogP contribution < -0.4 is 0 Å². The van der Waals surface area contributed by atoms with Gasteiger partial charge in [-0.15, -0.1) is 0 Å². The van der Waals surface area contributed by atoms with Crippen molar-refractivity contribution in [1.29, 1.82) is 0 Å². The van der Waals surface area contributed by atoms with Gasteiger partial charge in [-0.3, -0.25) is 9.59 Å². The molecule has 0 saturated heterocycles. The van der Waals surface area contributed by atoms with Crippen molar-refractivity contribution in [3.05, 3.63) is 47.3 Å². The molecule has 1 atom stereocenters. The summed E-state index contributed by atoms with van der Waals surface area (Å²) < 4.78 is 1.75. The fourth-order valence-corrected chi connectivity index (χ4v) is 2.83. The number of hydrogen-bond acceptors (Lipinski definition) is 3. The van der Waals surface area contributed by atoms with Crippen LogP contribution in [-0.4, -0.2) is 44.3 Å². The fourth-order valence-electron chi connectivity index (χ4n) is 2.83. The van der Waals surface area contributed by atoms with Crippen molar-refractivity contribution in [1.82, 2.24) is 14.7 Å². The van der Waals surface area contributed by atoms with Crippen LogP contribution in [-0.2, 0) is 4.79 Å². The Bertz CT molecular complexity index is 791. The number of aryl methyl sites for hydroxylation is 2. The van der Waals surface area contributed by atoms with Gasteiger partial charge in [0.1, 0.15) is 0 Å². The van der Waals surface area contributed by atoms with Crippen LogP contribution in [0.1, 0.15) is 41.5 Å². The van der Waals surface area contributed by atoms with Gasteiger partial charge >= 0.3 is 5.97 Å². The minimum atomic E-state index is -0.889. The Morgan fingerprint density at radius 2 is 1.92 bits per heavy atom. The second kappa shape index (κ2) is 6.70. The molecular weight excluding hydrogens is 318 g/mol. The topological polar surface area (TPSA) is 75.4 Å². The lowest BCUT2D eigenvalue weighted by Gasteiger charge is -2.23. The van der Waals surface area contributed by atoms with Crippen molar-refractivity contribution in [2.24, 2.45) is 5.92 Å². The molecule has 3 rings (SSSR count). The lowest BCUT2D eigenvalue weighted by molar-refractivity contribution is -0.141. The zero-order valence-electron chi connectivity index (χ0n) is 14.8. The van der Waals surface area contributed by atoms with Crippen LogP contribution in [0.2, 0.25) is 0 Å². The Labute approximate surface area is 147 Å². The number of aliphatic carboxylic acids is 1. The first-order chi connectivity index (χ1) is 11.9. The number of carboxylic acid groups (broad SMARTS) is 1. The maximum atomic E-state index is 12.9. The van der Waals surface area contributed by atoms with Gasteiger partial charge in [-0.25, -0.2) is 4.68 Å². The first kappa shape index (κ1) is 17.2. The number of carbonyl (C=O) groups excluding carboxylic acids is 1. The minimum Gasteiger partial charge on any atom is -0.481 e. The highest BCUT2D eigenvalue weighted by Gasteiger charge is 2.36. The summed E-state index contributed by atoms with van der Waals surface area (Å²) in [5.41, 5.74) is 3.29. The third kappa shape index (κ3) is 3.73. The summed E-state index contributed by atoms with van der Waals surface area (Å²) in [6.45, 7) is 5.77. The Hall–Kier alpha value is -2.63. The van der Waals surface area contributed by atoms with E-state index in [-0.39, 0.29) is 18.5 Å². The van der Waals surface area contributed by atoms with Crippen molar-refractivity contribution in [2.45, 2.75) is 39.7 Å². The van der Waals surface area contributed by atoms with Crippen molar-refractivity contribution in [2.75, 3.05) is 6.54 Å². The molecule has 1 aromatic heterocycles. The molecular formula is C19H23N3O3. The van der Waals surface area contributed by atoms with Gasteiger partial charge in [0, 0.05) is 18.3 Å². The van der Waals surface area contributed by atoms with E-state index in [1.807, 2.05) is 38.1 Å². The highest BCUT2D eigenvalue weighted by molar-refractivity contribution is 5.93. The van der Waals surface area contributed by atoms with Crippen molar-refractivity contribution in [3.8, 4) is 5.69 Å². The van der Waals surface area contributed by atoms with E-state index in [1.54, 1.807) is 22.6 Å². The number of benzene rings is 1. The zero-order chi connectivity index (χ0) is 18.1. The third-order valence-electron chi connectivity index (χ3n) is 4.53. The highest BCUT2D eigenvalue weighted by atomic mass is 16.4. The molecule has 0 bridgehead atoms. The second-order valence-corrected chi connectivity index (χ2v) is 6.85. The number of aromatic nitrogens is 2. The lowest BCUT2D eigenvalue weighted by atomic mass is 10.1. The molecule has 1 heterocycles. The highest BCUT2D eigenvalue weighted by Crippen LogP contribution is 2.29. The standard InChI is InChI=1S/C19H23N3O3/c1-12-4-6-16(7-5-12)22-14(3)10-17(20-22)18(23)21(15-8-9-15)11-13(2)19(24)25/h4-7,10,13,15H,8-9,11H2,1-3H3,(H,24,25). The molecule has 1 amide bonds. The van der Waals surface area contributed by atoms with Crippen LogP contribution in [0.5, 0.6) is 0 Å². The average Bonchev–Trinajstić information content (AvgIpc) is 3.34. The summed E-state index contributed by atoms with van der Waals surface area (Å²) in [6.07, 6.45) is 1.85. The largest absolute Gasteiger partial charge is 0.481 e. The Morgan fingerprint density at radius 1 is 1.28 bits per heavy atom. The lowest BCUT2D eigenvalue weighted by Crippen LogP contribution is -2.38. The van der Waals surface area contributed by atoms with Gasteiger partial charge in [0.15, 0.2) is 5.69 Å². The Kier molecular flexibility index (Phi) is 4.61. The number of hydrogen-bond donors (Lipinski definition) is 1. The van der Waals surface area contributed by atoms with E-state index in [4.69, 9.17) is 5.11 Å². The molecule has 1 aliphatic rings. The van der Waals surface area contributed by atoms with Crippen LogP contribution in [0.25, 0.3) is 5.69 Å². The zero-order valence-corrected chi connectivity index (χ0v) is 14.8. The molecule has 1 aliphatic carbocycles. The summed E-state index contributed by atoms with van der Waals surface area (Å²) in [6, 6.07) is 9.84. The molecule has 0 radical (unpaired) electrons. The third-order valence-corrected chi connectivity index (χ3v) is 4.53. The van der Waals surface area contributed by atoms with Crippen molar-refractivity contribution < 1.29 is 14.7 Å². The van der Waals surface area contributed by atoms with Crippen molar-refractivity contribution in [3.63, 3.8) is 0 Å². The molecule has 1 saturated carbocycles. The van der Waals surface area contributed by atoms with E-state index < -0.39 is 11.9 Å². The summed E-state index contributed by atoms with van der Waals surface area (Å²) >= 11 is 0. The van der Waals surface area contributed by atoms with Crippen molar-refractivity contribution >= 4 is 11.9 Å². The number of rotatable bonds is 6. The van der Waals surface area contributed by atoms with Gasteiger partial charge in [-0.1, -0.05) is 24.6 Å². The Morgan fingerprint density at radius 3 is 2.48 bits per heavy atom. The molecule has 2 aromatic rings. The maximum absolute atomic E-state index is 12.9. The first-order valence-electron chi connectivity index (χ1n) is 8.54. The maximum Gasteiger partial charge on any atom is 0.308 e. The second-order valence-electron chi connectivity index (χ2n) is 6.85. The SMILES string of the molecule is Cc1ccc(-n2nc(C(=O)N(CC(C)C(=O)O)C3CC3)cc2C)cc1. The van der Waals surface area contributed by atoms with E-state index in [0.717, 1.165) is 29.8 Å². The van der Waals surface area contributed by atoms with Gasteiger partial charge in [0.2, 0.25) is 0 Å². The van der Waals surface area contributed by atoms with Crippen LogP contribution >= 0.6 is 0 Å². The van der Waals surface area contributed by atoms with Crippen LogP contribution in [0.4, 0.5) is 0 Å². The number of amides is 1. The van der Waals surface area contributed by atoms with Gasteiger partial charge in [0.25, 0.3) is 5.91 Å². The van der Waals surface area contributed by atoms with Crippen LogP contribution in [0.3, 0.4) is 0 Å². The first-order valence-corrected chi connectivity index (χ1v) is 8.54.